The van der Waals surface area contributed by atoms with Crippen molar-refractivity contribution in [1.29, 1.82) is 0 Å². The molecule has 0 aliphatic rings. The van der Waals surface area contributed by atoms with Crippen LogP contribution in [-0.2, 0) is 22.0 Å². The first-order chi connectivity index (χ1) is 11.0. The highest BCUT2D eigenvalue weighted by atomic mass is 32.2. The van der Waals surface area contributed by atoms with Crippen LogP contribution in [0.15, 0.2) is 30.3 Å². The van der Waals surface area contributed by atoms with Crippen LogP contribution in [0.1, 0.15) is 23.9 Å². The maximum atomic E-state index is 12.1. The third-order valence-electron chi connectivity index (χ3n) is 3.75. The molecule has 2 aromatic rings. The third-order valence-corrected chi connectivity index (χ3v) is 5.06. The molecule has 1 amide bonds. The molecule has 1 heterocycles. The minimum atomic E-state index is -0.851. The fourth-order valence-electron chi connectivity index (χ4n) is 2.42. The summed E-state index contributed by atoms with van der Waals surface area (Å²) in [5.74, 6) is 1.07. The molecule has 23 heavy (non-hydrogen) atoms. The van der Waals surface area contributed by atoms with E-state index in [1.807, 2.05) is 55.8 Å². The van der Waals surface area contributed by atoms with Gasteiger partial charge in [0.05, 0.1) is 17.8 Å². The molecule has 1 aromatic carbocycles. The number of aromatic nitrogens is 2. The number of hydrogen-bond donors (Lipinski definition) is 1. The van der Waals surface area contributed by atoms with Crippen molar-refractivity contribution in [2.75, 3.05) is 18.1 Å². The zero-order chi connectivity index (χ0) is 16.8. The fourth-order valence-corrected chi connectivity index (χ4v) is 3.04. The van der Waals surface area contributed by atoms with E-state index in [-0.39, 0.29) is 5.91 Å². The second kappa shape index (κ2) is 8.06. The molecule has 0 saturated heterocycles. The predicted molar refractivity (Wildman–Crippen MR) is 93.3 cm³/mol. The van der Waals surface area contributed by atoms with E-state index in [0.717, 1.165) is 22.6 Å². The highest BCUT2D eigenvalue weighted by Gasteiger charge is 2.15. The van der Waals surface area contributed by atoms with Crippen LogP contribution in [0, 0.1) is 13.8 Å². The number of para-hydroxylation sites is 1. The number of nitrogens with one attached hydrogen (secondary N) is 1. The standard InChI is InChI=1S/C17H23N3O2S/c1-4-23(22)11-10-18-17(21)12-16-13(2)19-20(14(16)3)15-8-6-5-7-9-15/h5-9H,4,10-12H2,1-3H3,(H,18,21)/t23-/m1/s1. The van der Waals surface area contributed by atoms with E-state index in [1.54, 1.807) is 0 Å². The number of amides is 1. The van der Waals surface area contributed by atoms with Gasteiger partial charge in [0.15, 0.2) is 0 Å². The van der Waals surface area contributed by atoms with Gasteiger partial charge in [-0.15, -0.1) is 0 Å². The van der Waals surface area contributed by atoms with E-state index < -0.39 is 10.8 Å². The monoisotopic (exact) mass is 333 g/mol. The smallest absolute Gasteiger partial charge is 0.224 e. The summed E-state index contributed by atoms with van der Waals surface area (Å²) >= 11 is 0. The van der Waals surface area contributed by atoms with Crippen molar-refractivity contribution < 1.29 is 9.00 Å². The normalized spacial score (nSPS) is 12.1. The van der Waals surface area contributed by atoms with E-state index in [1.165, 1.54) is 0 Å². The Morgan fingerprint density at radius 1 is 1.26 bits per heavy atom. The SMILES string of the molecule is CC[S@@](=O)CCNC(=O)Cc1c(C)nn(-c2ccccc2)c1C. The van der Waals surface area contributed by atoms with E-state index in [9.17, 15) is 9.00 Å². The minimum absolute atomic E-state index is 0.0584. The van der Waals surface area contributed by atoms with Crippen molar-refractivity contribution in [3.63, 3.8) is 0 Å². The van der Waals surface area contributed by atoms with Crippen molar-refractivity contribution in [3.05, 3.63) is 47.3 Å². The number of carbonyl (C=O) groups is 1. The Bertz CT molecular complexity index is 695. The average Bonchev–Trinajstić information content (AvgIpc) is 2.83. The molecule has 1 N–H and O–H groups in total. The Hall–Kier alpha value is -1.95. The van der Waals surface area contributed by atoms with Crippen LogP contribution in [0.25, 0.3) is 5.69 Å². The lowest BCUT2D eigenvalue weighted by Gasteiger charge is -2.06. The Labute approximate surface area is 139 Å². The van der Waals surface area contributed by atoms with Crippen molar-refractivity contribution in [3.8, 4) is 5.69 Å². The zero-order valence-electron chi connectivity index (χ0n) is 13.8. The summed E-state index contributed by atoms with van der Waals surface area (Å²) in [6.45, 7) is 6.22. The quantitative estimate of drug-likeness (QED) is 0.842. The van der Waals surface area contributed by atoms with Gasteiger partial charge < -0.3 is 5.32 Å². The van der Waals surface area contributed by atoms with Gasteiger partial charge in [0.25, 0.3) is 0 Å². The maximum absolute atomic E-state index is 12.1. The molecule has 0 saturated carbocycles. The minimum Gasteiger partial charge on any atom is -0.355 e. The lowest BCUT2D eigenvalue weighted by molar-refractivity contribution is -0.120. The van der Waals surface area contributed by atoms with Gasteiger partial charge in [0.1, 0.15) is 0 Å². The highest BCUT2D eigenvalue weighted by Crippen LogP contribution is 2.18. The molecule has 0 radical (unpaired) electrons. The summed E-state index contributed by atoms with van der Waals surface area (Å²) < 4.78 is 13.2. The summed E-state index contributed by atoms with van der Waals surface area (Å²) in [4.78, 5) is 12.1. The lowest BCUT2D eigenvalue weighted by atomic mass is 10.1. The molecule has 1 aromatic heterocycles. The van der Waals surface area contributed by atoms with Crippen LogP contribution in [-0.4, -0.2) is 37.9 Å². The molecule has 6 heteroatoms. The van der Waals surface area contributed by atoms with E-state index in [4.69, 9.17) is 0 Å². The van der Waals surface area contributed by atoms with Gasteiger partial charge in [-0.1, -0.05) is 25.1 Å². The van der Waals surface area contributed by atoms with Crippen LogP contribution in [0.3, 0.4) is 0 Å². The number of hydrogen-bond acceptors (Lipinski definition) is 3. The number of nitrogens with zero attached hydrogens (tertiary/aromatic N) is 2. The average molecular weight is 333 g/mol. The Balaban J connectivity index is 2.05. The molecule has 0 fully saturated rings. The summed E-state index contributed by atoms with van der Waals surface area (Å²) in [5.41, 5.74) is 3.76. The highest BCUT2D eigenvalue weighted by molar-refractivity contribution is 7.84. The van der Waals surface area contributed by atoms with Crippen LogP contribution in [0.4, 0.5) is 0 Å². The van der Waals surface area contributed by atoms with Crippen molar-refractivity contribution in [2.24, 2.45) is 0 Å². The van der Waals surface area contributed by atoms with Gasteiger partial charge in [-0.3, -0.25) is 9.00 Å². The zero-order valence-corrected chi connectivity index (χ0v) is 14.7. The molecule has 5 nitrogen and oxygen atoms in total. The second-order valence-corrected chi connectivity index (χ2v) is 7.22. The Kier molecular flexibility index (Phi) is 6.10. The maximum Gasteiger partial charge on any atom is 0.224 e. The number of aryl methyl sites for hydroxylation is 1. The topological polar surface area (TPSA) is 64.0 Å². The van der Waals surface area contributed by atoms with E-state index in [0.29, 0.717) is 24.5 Å². The summed E-state index contributed by atoms with van der Waals surface area (Å²) in [5, 5.41) is 7.37. The molecule has 0 aliphatic heterocycles. The number of benzene rings is 1. The predicted octanol–water partition coefficient (Wildman–Crippen LogP) is 1.92. The number of carbonyl (C=O) groups excluding carboxylic acids is 1. The summed E-state index contributed by atoms with van der Waals surface area (Å²) in [7, 11) is -0.851. The second-order valence-electron chi connectivity index (χ2n) is 5.36. The van der Waals surface area contributed by atoms with Crippen molar-refractivity contribution >= 4 is 16.7 Å². The lowest BCUT2D eigenvalue weighted by Crippen LogP contribution is -2.29. The van der Waals surface area contributed by atoms with Crippen LogP contribution in [0.2, 0.25) is 0 Å². The largest absolute Gasteiger partial charge is 0.355 e. The first-order valence-corrected chi connectivity index (χ1v) is 9.24. The molecule has 0 aliphatic carbocycles. The van der Waals surface area contributed by atoms with Crippen molar-refractivity contribution in [2.45, 2.75) is 27.2 Å². The molecule has 0 bridgehead atoms. The molecule has 0 spiro atoms. The van der Waals surface area contributed by atoms with Gasteiger partial charge in [0.2, 0.25) is 5.91 Å². The third kappa shape index (κ3) is 4.51. The van der Waals surface area contributed by atoms with Crippen LogP contribution in [0.5, 0.6) is 0 Å². The van der Waals surface area contributed by atoms with Gasteiger partial charge in [-0.2, -0.15) is 5.10 Å². The van der Waals surface area contributed by atoms with Crippen LogP contribution < -0.4 is 5.32 Å². The van der Waals surface area contributed by atoms with Gasteiger partial charge in [-0.25, -0.2) is 4.68 Å². The van der Waals surface area contributed by atoms with Crippen molar-refractivity contribution in [1.82, 2.24) is 15.1 Å². The van der Waals surface area contributed by atoms with E-state index in [2.05, 4.69) is 10.4 Å². The molecule has 1 atom stereocenters. The van der Waals surface area contributed by atoms with Gasteiger partial charge in [-0.05, 0) is 26.0 Å². The van der Waals surface area contributed by atoms with Crippen LogP contribution >= 0.6 is 0 Å². The molecule has 2 rings (SSSR count). The van der Waals surface area contributed by atoms with Gasteiger partial charge in [0, 0.05) is 40.1 Å². The number of rotatable bonds is 7. The summed E-state index contributed by atoms with van der Waals surface area (Å²) in [6, 6.07) is 9.87. The van der Waals surface area contributed by atoms with E-state index >= 15 is 0 Å². The van der Waals surface area contributed by atoms with Gasteiger partial charge >= 0.3 is 0 Å². The Morgan fingerprint density at radius 3 is 2.61 bits per heavy atom. The first-order valence-electron chi connectivity index (χ1n) is 7.75. The molecule has 0 unspecified atom stereocenters. The molecule has 124 valence electrons. The molecular formula is C17H23N3O2S. The molecular weight excluding hydrogens is 310 g/mol. The first kappa shape index (κ1) is 17.4. The fraction of sp³-hybridized carbons (Fsp3) is 0.412. The Morgan fingerprint density at radius 2 is 1.96 bits per heavy atom. The summed E-state index contributed by atoms with van der Waals surface area (Å²) in [6.07, 6.45) is 0.295.